The van der Waals surface area contributed by atoms with Gasteiger partial charge in [-0.15, -0.1) is 0 Å². The maximum Gasteiger partial charge on any atom is 0.306 e. The Kier molecular flexibility index (Phi) is 43.2. The molecule has 0 bridgehead atoms. The van der Waals surface area contributed by atoms with Crippen molar-refractivity contribution in [2.45, 2.75) is 181 Å². The lowest BCUT2D eigenvalue weighted by Crippen LogP contribution is -2.30. The predicted octanol–water partition coefficient (Wildman–Crippen LogP) is 15.0. The normalized spacial score (nSPS) is 13.2. The van der Waals surface area contributed by atoms with Crippen LogP contribution in [0.1, 0.15) is 175 Å². The fourth-order valence-corrected chi connectivity index (χ4v) is 5.60. The smallest absolute Gasteiger partial charge is 0.306 e. The van der Waals surface area contributed by atoms with Crippen LogP contribution in [0.2, 0.25) is 0 Å². The van der Waals surface area contributed by atoms with E-state index in [-0.39, 0.29) is 44.0 Å². The fraction of sp³-hybridized carbons (Fsp3) is 0.566. The Morgan fingerprint density at radius 3 is 1.34 bits per heavy atom. The first-order valence-electron chi connectivity index (χ1n) is 23.1. The molecule has 0 aliphatic carbocycles. The molecule has 0 aliphatic heterocycles. The number of carbonyl (C=O) groups is 3. The highest BCUT2D eigenvalue weighted by Gasteiger charge is 2.19. The Bertz CT molecular complexity index is 1300. The molecule has 0 amide bonds. The Hall–Kier alpha value is -4.19. The number of hydrogen-bond acceptors (Lipinski definition) is 6. The SMILES string of the molecule is CC\C=C/C=C\C=C/C=C\CCCCCCCC(=O)OC(COC(=O)CCC/C=C\C/C=C\C/C=C\C/C=C\CCCCC)COC(=O)CCCC/C=C\C/C=C\CC. The van der Waals surface area contributed by atoms with Crippen molar-refractivity contribution in [2.24, 2.45) is 0 Å². The molecule has 0 saturated heterocycles. The molecule has 0 fully saturated rings. The van der Waals surface area contributed by atoms with Crippen LogP contribution >= 0.6 is 0 Å². The highest BCUT2D eigenvalue weighted by Crippen LogP contribution is 2.11. The number of rotatable bonds is 39. The quantitative estimate of drug-likeness (QED) is 0.0202. The monoisotopic (exact) mass is 815 g/mol. The summed E-state index contributed by atoms with van der Waals surface area (Å²) in [6, 6.07) is 0. The van der Waals surface area contributed by atoms with Crippen LogP contribution in [0, 0.1) is 0 Å². The van der Waals surface area contributed by atoms with Gasteiger partial charge in [0, 0.05) is 19.3 Å². The van der Waals surface area contributed by atoms with Crippen molar-refractivity contribution in [3.63, 3.8) is 0 Å². The van der Waals surface area contributed by atoms with E-state index >= 15 is 0 Å². The molecule has 1 unspecified atom stereocenters. The van der Waals surface area contributed by atoms with Gasteiger partial charge in [-0.2, -0.15) is 0 Å². The first-order valence-corrected chi connectivity index (χ1v) is 23.1. The third-order valence-electron chi connectivity index (χ3n) is 9.03. The summed E-state index contributed by atoms with van der Waals surface area (Å²) in [6.07, 6.45) is 63.4. The van der Waals surface area contributed by atoms with Crippen LogP contribution in [-0.2, 0) is 28.6 Å². The van der Waals surface area contributed by atoms with E-state index < -0.39 is 6.10 Å². The van der Waals surface area contributed by atoms with Crippen molar-refractivity contribution in [1.29, 1.82) is 0 Å². The molecule has 1 atom stereocenters. The molecule has 6 nitrogen and oxygen atoms in total. The minimum absolute atomic E-state index is 0.126. The van der Waals surface area contributed by atoms with Crippen LogP contribution in [0.5, 0.6) is 0 Å². The molecule has 0 spiro atoms. The number of ether oxygens (including phenoxy) is 3. The maximum absolute atomic E-state index is 12.7. The van der Waals surface area contributed by atoms with Crippen molar-refractivity contribution in [3.05, 3.63) is 122 Å². The van der Waals surface area contributed by atoms with Gasteiger partial charge in [0.2, 0.25) is 0 Å². The van der Waals surface area contributed by atoms with E-state index in [2.05, 4.69) is 118 Å². The second-order valence-electron chi connectivity index (χ2n) is 14.6. The fourth-order valence-electron chi connectivity index (χ4n) is 5.60. The molecule has 0 aliphatic rings. The summed E-state index contributed by atoms with van der Waals surface area (Å²) in [6.45, 7) is 6.21. The van der Waals surface area contributed by atoms with Gasteiger partial charge in [-0.25, -0.2) is 0 Å². The van der Waals surface area contributed by atoms with Crippen molar-refractivity contribution in [2.75, 3.05) is 13.2 Å². The summed E-state index contributed by atoms with van der Waals surface area (Å²) >= 11 is 0. The van der Waals surface area contributed by atoms with Crippen LogP contribution in [0.15, 0.2) is 122 Å². The maximum atomic E-state index is 12.7. The molecular formula is C53H82O6. The molecule has 6 heteroatoms. The van der Waals surface area contributed by atoms with Crippen molar-refractivity contribution < 1.29 is 28.6 Å². The third kappa shape index (κ3) is 44.8. The van der Waals surface area contributed by atoms with Crippen LogP contribution < -0.4 is 0 Å². The van der Waals surface area contributed by atoms with E-state index in [0.29, 0.717) is 12.8 Å². The summed E-state index contributed by atoms with van der Waals surface area (Å²) in [5.41, 5.74) is 0. The molecule has 0 aromatic carbocycles. The topological polar surface area (TPSA) is 78.9 Å². The number of allylic oxidation sites excluding steroid dienone is 20. The number of hydrogen-bond donors (Lipinski definition) is 0. The largest absolute Gasteiger partial charge is 0.462 e. The zero-order valence-electron chi connectivity index (χ0n) is 37.5. The Morgan fingerprint density at radius 1 is 0.373 bits per heavy atom. The first-order chi connectivity index (χ1) is 29.0. The van der Waals surface area contributed by atoms with Gasteiger partial charge in [-0.1, -0.05) is 174 Å². The van der Waals surface area contributed by atoms with Gasteiger partial charge in [0.25, 0.3) is 0 Å². The van der Waals surface area contributed by atoms with E-state index in [1.807, 2.05) is 24.3 Å². The van der Waals surface area contributed by atoms with Gasteiger partial charge in [-0.05, 0) is 103 Å². The van der Waals surface area contributed by atoms with Crippen molar-refractivity contribution in [3.8, 4) is 0 Å². The highest BCUT2D eigenvalue weighted by atomic mass is 16.6. The van der Waals surface area contributed by atoms with Crippen LogP contribution in [0.3, 0.4) is 0 Å². The summed E-state index contributed by atoms with van der Waals surface area (Å²) in [5.74, 6) is -1.06. The lowest BCUT2D eigenvalue weighted by Gasteiger charge is -2.18. The average Bonchev–Trinajstić information content (AvgIpc) is 3.23. The summed E-state index contributed by atoms with van der Waals surface area (Å²) in [7, 11) is 0. The van der Waals surface area contributed by atoms with E-state index in [1.165, 1.54) is 25.7 Å². The molecule has 0 aromatic rings. The molecule has 0 saturated carbocycles. The van der Waals surface area contributed by atoms with Crippen molar-refractivity contribution in [1.82, 2.24) is 0 Å². The number of esters is 3. The minimum atomic E-state index is -0.827. The number of carbonyl (C=O) groups excluding carboxylic acids is 3. The molecule has 330 valence electrons. The van der Waals surface area contributed by atoms with E-state index in [4.69, 9.17) is 14.2 Å². The zero-order chi connectivity index (χ0) is 43.0. The van der Waals surface area contributed by atoms with Crippen LogP contribution in [0.4, 0.5) is 0 Å². The average molecular weight is 815 g/mol. The predicted molar refractivity (Wildman–Crippen MR) is 251 cm³/mol. The Balaban J connectivity index is 4.54. The molecule has 0 radical (unpaired) electrons. The van der Waals surface area contributed by atoms with Gasteiger partial charge in [0.05, 0.1) is 0 Å². The minimum Gasteiger partial charge on any atom is -0.462 e. The number of unbranched alkanes of at least 4 members (excludes halogenated alkanes) is 11. The second-order valence-corrected chi connectivity index (χ2v) is 14.6. The first kappa shape index (κ1) is 54.8. The highest BCUT2D eigenvalue weighted by molar-refractivity contribution is 5.71. The zero-order valence-corrected chi connectivity index (χ0v) is 37.5. The molecule has 0 heterocycles. The summed E-state index contributed by atoms with van der Waals surface area (Å²) in [5, 5.41) is 0. The molecule has 0 N–H and O–H groups in total. The van der Waals surface area contributed by atoms with Crippen LogP contribution in [0.25, 0.3) is 0 Å². The lowest BCUT2D eigenvalue weighted by molar-refractivity contribution is -0.167. The molecule has 59 heavy (non-hydrogen) atoms. The van der Waals surface area contributed by atoms with E-state index in [1.54, 1.807) is 0 Å². The molecule has 0 aromatic heterocycles. The molecule has 0 rings (SSSR count). The van der Waals surface area contributed by atoms with E-state index in [9.17, 15) is 14.4 Å². The second kappa shape index (κ2) is 46.5. The van der Waals surface area contributed by atoms with Gasteiger partial charge in [0.15, 0.2) is 6.10 Å². The Morgan fingerprint density at radius 2 is 0.763 bits per heavy atom. The lowest BCUT2D eigenvalue weighted by atomic mass is 10.1. The van der Waals surface area contributed by atoms with Gasteiger partial charge in [0.1, 0.15) is 13.2 Å². The molecular weight excluding hydrogens is 733 g/mol. The Labute approximate surface area is 361 Å². The summed E-state index contributed by atoms with van der Waals surface area (Å²) in [4.78, 5) is 37.7. The van der Waals surface area contributed by atoms with Crippen LogP contribution in [-0.4, -0.2) is 37.2 Å². The van der Waals surface area contributed by atoms with Gasteiger partial charge < -0.3 is 14.2 Å². The third-order valence-corrected chi connectivity index (χ3v) is 9.03. The van der Waals surface area contributed by atoms with Gasteiger partial charge in [-0.3, -0.25) is 14.4 Å². The standard InChI is InChI=1S/C53H82O6/c1-4-7-10-13-16-19-21-23-25-26-28-29-31-34-37-40-43-46-52(55)58-49-50(48-57-51(54)45-42-39-36-33-18-15-12-9-6-3)59-53(56)47-44-41-38-35-32-30-27-24-22-20-17-14-11-8-5-2/h8-9,11-12,14,16-20,22-25,27-29,33-34,37,50H,4-7,10,13,15,21,26,30-32,35-36,38-49H2,1-3H3/b11-8-,12-9-,17-14-,19-16-,22-20-,25-23-,27-24-,29-28-,33-18-,37-34-. The van der Waals surface area contributed by atoms with Gasteiger partial charge >= 0.3 is 17.9 Å². The van der Waals surface area contributed by atoms with E-state index in [0.717, 1.165) is 103 Å². The van der Waals surface area contributed by atoms with Crippen molar-refractivity contribution >= 4 is 17.9 Å². The summed E-state index contributed by atoms with van der Waals surface area (Å²) < 4.78 is 16.6.